The number of nitrogens with one attached hydrogen (secondary N) is 1. The van der Waals surface area contributed by atoms with Crippen LogP contribution in [0.3, 0.4) is 0 Å². The first kappa shape index (κ1) is 14.1. The fourth-order valence-electron chi connectivity index (χ4n) is 2.68. The summed E-state index contributed by atoms with van der Waals surface area (Å²) >= 11 is 0. The standard InChI is InChI=1S/C17H16N2O3/c1-22-13-8-6-12(7-9-13)17-14-4-2-3-5-15(14)18-16(17)10-11-19(20)21/h2-9,18H,10-11H2,1H3. The Morgan fingerprint density at radius 2 is 1.86 bits per heavy atom. The number of benzene rings is 2. The van der Waals surface area contributed by atoms with Crippen LogP contribution in [0.15, 0.2) is 48.5 Å². The maximum absolute atomic E-state index is 10.7. The summed E-state index contributed by atoms with van der Waals surface area (Å²) in [7, 11) is 1.63. The number of aromatic amines is 1. The molecule has 0 saturated carbocycles. The predicted octanol–water partition coefficient (Wildman–Crippen LogP) is 3.66. The van der Waals surface area contributed by atoms with E-state index >= 15 is 0 Å². The summed E-state index contributed by atoms with van der Waals surface area (Å²) in [5, 5.41) is 11.8. The van der Waals surface area contributed by atoms with Gasteiger partial charge in [-0.2, -0.15) is 0 Å². The van der Waals surface area contributed by atoms with E-state index in [2.05, 4.69) is 4.98 Å². The van der Waals surface area contributed by atoms with Gasteiger partial charge < -0.3 is 9.72 Å². The van der Waals surface area contributed by atoms with Crippen LogP contribution in [-0.4, -0.2) is 23.6 Å². The average Bonchev–Trinajstić information content (AvgIpc) is 2.91. The van der Waals surface area contributed by atoms with Crippen LogP contribution in [0.5, 0.6) is 5.75 Å². The van der Waals surface area contributed by atoms with Gasteiger partial charge in [-0.1, -0.05) is 30.3 Å². The Hall–Kier alpha value is -2.82. The van der Waals surface area contributed by atoms with E-state index in [0.29, 0.717) is 6.42 Å². The molecule has 0 aliphatic heterocycles. The molecule has 0 unspecified atom stereocenters. The summed E-state index contributed by atoms with van der Waals surface area (Å²) in [6, 6.07) is 15.7. The minimum absolute atomic E-state index is 0.0873. The summed E-state index contributed by atoms with van der Waals surface area (Å²) in [5.41, 5.74) is 3.94. The number of hydrogen-bond donors (Lipinski definition) is 1. The Morgan fingerprint density at radius 3 is 2.55 bits per heavy atom. The predicted molar refractivity (Wildman–Crippen MR) is 85.9 cm³/mol. The highest BCUT2D eigenvalue weighted by Crippen LogP contribution is 2.33. The molecule has 0 amide bonds. The fraction of sp³-hybridized carbons (Fsp3) is 0.176. The molecule has 0 fully saturated rings. The van der Waals surface area contributed by atoms with Crippen LogP contribution in [0, 0.1) is 10.1 Å². The second kappa shape index (κ2) is 5.89. The monoisotopic (exact) mass is 296 g/mol. The molecule has 3 aromatic rings. The average molecular weight is 296 g/mol. The largest absolute Gasteiger partial charge is 0.497 e. The Kier molecular flexibility index (Phi) is 3.78. The Balaban J connectivity index is 2.11. The second-order valence-corrected chi connectivity index (χ2v) is 5.06. The molecule has 0 spiro atoms. The number of rotatable bonds is 5. The van der Waals surface area contributed by atoms with Gasteiger partial charge in [0.1, 0.15) is 5.75 Å². The smallest absolute Gasteiger partial charge is 0.209 e. The van der Waals surface area contributed by atoms with Gasteiger partial charge in [-0.05, 0) is 23.8 Å². The Labute approximate surface area is 127 Å². The van der Waals surface area contributed by atoms with Crippen molar-refractivity contribution in [2.24, 2.45) is 0 Å². The summed E-state index contributed by atoms with van der Waals surface area (Å²) in [5.74, 6) is 0.787. The van der Waals surface area contributed by atoms with Crippen molar-refractivity contribution in [2.45, 2.75) is 6.42 Å². The molecule has 5 nitrogen and oxygen atoms in total. The van der Waals surface area contributed by atoms with Crippen LogP contribution < -0.4 is 4.74 Å². The molecule has 0 aliphatic rings. The number of para-hydroxylation sites is 1. The SMILES string of the molecule is COc1ccc(-c2c(CC[N+](=O)[O-])[nH]c3ccccc23)cc1. The molecule has 3 rings (SSSR count). The molecule has 0 radical (unpaired) electrons. The quantitative estimate of drug-likeness (QED) is 0.577. The van der Waals surface area contributed by atoms with Gasteiger partial charge in [-0.25, -0.2) is 0 Å². The van der Waals surface area contributed by atoms with Crippen molar-refractivity contribution in [3.8, 4) is 16.9 Å². The first-order chi connectivity index (χ1) is 10.7. The van der Waals surface area contributed by atoms with Crippen LogP contribution in [0.25, 0.3) is 22.0 Å². The van der Waals surface area contributed by atoms with E-state index in [9.17, 15) is 10.1 Å². The number of fused-ring (bicyclic) bond motifs is 1. The zero-order valence-electron chi connectivity index (χ0n) is 12.2. The topological polar surface area (TPSA) is 68.2 Å². The van der Waals surface area contributed by atoms with Crippen molar-refractivity contribution >= 4 is 10.9 Å². The van der Waals surface area contributed by atoms with E-state index in [1.54, 1.807) is 7.11 Å². The summed E-state index contributed by atoms with van der Waals surface area (Å²) in [6.07, 6.45) is 0.378. The van der Waals surface area contributed by atoms with Gasteiger partial charge in [0, 0.05) is 27.1 Å². The van der Waals surface area contributed by atoms with Crippen LogP contribution in [0.4, 0.5) is 0 Å². The molecule has 112 valence electrons. The third kappa shape index (κ3) is 2.65. The molecule has 22 heavy (non-hydrogen) atoms. The van der Waals surface area contributed by atoms with E-state index in [0.717, 1.165) is 33.5 Å². The number of nitrogens with zero attached hydrogens (tertiary/aromatic N) is 1. The van der Waals surface area contributed by atoms with Crippen molar-refractivity contribution < 1.29 is 9.66 Å². The molecule has 1 aromatic heterocycles. The van der Waals surface area contributed by atoms with Gasteiger partial charge in [0.2, 0.25) is 6.54 Å². The molecular weight excluding hydrogens is 280 g/mol. The van der Waals surface area contributed by atoms with Gasteiger partial charge >= 0.3 is 0 Å². The normalized spacial score (nSPS) is 10.8. The van der Waals surface area contributed by atoms with E-state index < -0.39 is 0 Å². The van der Waals surface area contributed by atoms with E-state index in [4.69, 9.17) is 4.74 Å². The van der Waals surface area contributed by atoms with Crippen molar-refractivity contribution in [3.63, 3.8) is 0 Å². The van der Waals surface area contributed by atoms with Crippen molar-refractivity contribution in [3.05, 3.63) is 64.3 Å². The highest BCUT2D eigenvalue weighted by atomic mass is 16.6. The third-order valence-electron chi connectivity index (χ3n) is 3.71. The number of nitro groups is 1. The Morgan fingerprint density at radius 1 is 1.14 bits per heavy atom. The zero-order valence-corrected chi connectivity index (χ0v) is 12.2. The van der Waals surface area contributed by atoms with Crippen molar-refractivity contribution in [2.75, 3.05) is 13.7 Å². The third-order valence-corrected chi connectivity index (χ3v) is 3.71. The van der Waals surface area contributed by atoms with Gasteiger partial charge in [-0.15, -0.1) is 0 Å². The van der Waals surface area contributed by atoms with Gasteiger partial charge in [0.05, 0.1) is 13.5 Å². The minimum atomic E-state index is -0.288. The first-order valence-electron chi connectivity index (χ1n) is 7.05. The second-order valence-electron chi connectivity index (χ2n) is 5.06. The van der Waals surface area contributed by atoms with Crippen molar-refractivity contribution in [1.82, 2.24) is 4.98 Å². The molecule has 1 heterocycles. The highest BCUT2D eigenvalue weighted by molar-refractivity contribution is 5.97. The highest BCUT2D eigenvalue weighted by Gasteiger charge is 2.14. The lowest BCUT2D eigenvalue weighted by atomic mass is 10.0. The fourth-order valence-corrected chi connectivity index (χ4v) is 2.68. The molecule has 0 aliphatic carbocycles. The van der Waals surface area contributed by atoms with Crippen LogP contribution in [0.2, 0.25) is 0 Å². The van der Waals surface area contributed by atoms with E-state index in [1.807, 2.05) is 48.5 Å². The lowest BCUT2D eigenvalue weighted by molar-refractivity contribution is -0.479. The number of aromatic nitrogens is 1. The lowest BCUT2D eigenvalue weighted by Crippen LogP contribution is -2.05. The van der Waals surface area contributed by atoms with Crippen LogP contribution >= 0.6 is 0 Å². The van der Waals surface area contributed by atoms with Gasteiger partial charge in [0.15, 0.2) is 0 Å². The van der Waals surface area contributed by atoms with Gasteiger partial charge in [0.25, 0.3) is 0 Å². The molecule has 1 N–H and O–H groups in total. The van der Waals surface area contributed by atoms with E-state index in [1.165, 1.54) is 0 Å². The van der Waals surface area contributed by atoms with Crippen LogP contribution in [0.1, 0.15) is 5.69 Å². The number of ether oxygens (including phenoxy) is 1. The van der Waals surface area contributed by atoms with E-state index in [-0.39, 0.29) is 11.5 Å². The molecule has 0 saturated heterocycles. The van der Waals surface area contributed by atoms with Crippen LogP contribution in [-0.2, 0) is 6.42 Å². The molecule has 2 aromatic carbocycles. The van der Waals surface area contributed by atoms with Gasteiger partial charge in [-0.3, -0.25) is 10.1 Å². The molecule has 0 bridgehead atoms. The maximum Gasteiger partial charge on any atom is 0.209 e. The molecular formula is C17H16N2O3. The summed E-state index contributed by atoms with van der Waals surface area (Å²) in [6.45, 7) is -0.0873. The maximum atomic E-state index is 10.7. The lowest BCUT2D eigenvalue weighted by Gasteiger charge is -2.05. The summed E-state index contributed by atoms with van der Waals surface area (Å²) in [4.78, 5) is 13.7. The Bertz CT molecular complexity index is 806. The number of H-pyrrole nitrogens is 1. The summed E-state index contributed by atoms with van der Waals surface area (Å²) < 4.78 is 5.19. The molecule has 5 heteroatoms. The first-order valence-corrected chi connectivity index (χ1v) is 7.05. The molecule has 0 atom stereocenters. The minimum Gasteiger partial charge on any atom is -0.497 e. The number of methoxy groups -OCH3 is 1. The number of hydrogen-bond acceptors (Lipinski definition) is 3. The van der Waals surface area contributed by atoms with Crippen molar-refractivity contribution in [1.29, 1.82) is 0 Å². The zero-order chi connectivity index (χ0) is 15.5.